The third-order valence-corrected chi connectivity index (χ3v) is 2.83. The molecule has 0 fully saturated rings. The second kappa shape index (κ2) is 7.34. The van der Waals surface area contributed by atoms with Crippen molar-refractivity contribution in [2.45, 2.75) is 32.9 Å². The first-order valence-electron chi connectivity index (χ1n) is 6.57. The molecule has 9 heteroatoms. The lowest BCUT2D eigenvalue weighted by atomic mass is 10.0. The van der Waals surface area contributed by atoms with Gasteiger partial charge in [-0.2, -0.15) is 0 Å². The molecule has 22 heavy (non-hydrogen) atoms. The highest BCUT2D eigenvalue weighted by atomic mass is 16.6. The minimum Gasteiger partial charge on any atom is -0.480 e. The van der Waals surface area contributed by atoms with Crippen LogP contribution in [0.3, 0.4) is 0 Å². The van der Waals surface area contributed by atoms with Gasteiger partial charge >= 0.3 is 5.97 Å². The van der Waals surface area contributed by atoms with E-state index >= 15 is 0 Å². The summed E-state index contributed by atoms with van der Waals surface area (Å²) in [5, 5.41) is 22.0. The van der Waals surface area contributed by atoms with E-state index < -0.39 is 34.9 Å². The number of aliphatic carboxylic acids is 1. The van der Waals surface area contributed by atoms with Gasteiger partial charge in [-0.15, -0.1) is 0 Å². The highest BCUT2D eigenvalue weighted by Gasteiger charge is 2.21. The summed E-state index contributed by atoms with van der Waals surface area (Å²) in [7, 11) is 0. The minimum absolute atomic E-state index is 0.0573. The average molecular weight is 311 g/mol. The van der Waals surface area contributed by atoms with Crippen molar-refractivity contribution >= 4 is 17.6 Å². The normalized spacial score (nSPS) is 12.0. The number of nitrogens with one attached hydrogen (secondary N) is 1. The molecule has 2 N–H and O–H groups in total. The molecule has 1 rings (SSSR count). The van der Waals surface area contributed by atoms with Crippen LogP contribution in [0.5, 0.6) is 0 Å². The number of aromatic nitrogens is 1. The molecule has 120 valence electrons. The number of carbonyl (C=O) groups is 2. The molecule has 0 radical (unpaired) electrons. The Labute approximate surface area is 125 Å². The van der Waals surface area contributed by atoms with E-state index in [2.05, 4.69) is 5.32 Å². The van der Waals surface area contributed by atoms with Crippen molar-refractivity contribution in [3.63, 3.8) is 0 Å². The standard InChI is InChI=1S/C13H17N3O6/c1-8(2)5-10(13(19)20)14-11(17)7-15-6-9(16(21)22)3-4-12(15)18/h3-4,6,8,10H,5,7H2,1-2H3,(H,14,17)(H,19,20)/t10-/m1/s1. The summed E-state index contributed by atoms with van der Waals surface area (Å²) in [6.45, 7) is 3.14. The molecular formula is C13H17N3O6. The van der Waals surface area contributed by atoms with Crippen LogP contribution in [-0.4, -0.2) is 32.5 Å². The summed E-state index contributed by atoms with van der Waals surface area (Å²) < 4.78 is 0.863. The summed E-state index contributed by atoms with van der Waals surface area (Å²) in [5.74, 6) is -1.81. The number of carboxylic acid groups (broad SMARTS) is 1. The Balaban J connectivity index is 2.84. The first-order chi connectivity index (χ1) is 10.2. The van der Waals surface area contributed by atoms with Gasteiger partial charge in [-0.05, 0) is 12.3 Å². The molecule has 1 atom stereocenters. The molecule has 0 aromatic carbocycles. The second-order valence-corrected chi connectivity index (χ2v) is 5.20. The molecule has 1 amide bonds. The lowest BCUT2D eigenvalue weighted by molar-refractivity contribution is -0.385. The van der Waals surface area contributed by atoms with Crippen LogP contribution in [0.15, 0.2) is 23.1 Å². The Morgan fingerprint density at radius 2 is 2.05 bits per heavy atom. The van der Waals surface area contributed by atoms with Crippen LogP contribution in [0.2, 0.25) is 0 Å². The lowest BCUT2D eigenvalue weighted by Crippen LogP contribution is -2.43. The maximum absolute atomic E-state index is 11.8. The van der Waals surface area contributed by atoms with E-state index in [9.17, 15) is 24.5 Å². The van der Waals surface area contributed by atoms with E-state index in [1.54, 1.807) is 0 Å². The van der Waals surface area contributed by atoms with Gasteiger partial charge in [0, 0.05) is 12.1 Å². The van der Waals surface area contributed by atoms with Gasteiger partial charge in [0.2, 0.25) is 5.91 Å². The zero-order chi connectivity index (χ0) is 16.9. The SMILES string of the molecule is CC(C)C[C@@H](NC(=O)Cn1cc([N+](=O)[O-])ccc1=O)C(=O)O. The van der Waals surface area contributed by atoms with Gasteiger partial charge in [0.05, 0.1) is 11.1 Å². The molecule has 9 nitrogen and oxygen atoms in total. The fourth-order valence-electron chi connectivity index (χ4n) is 1.84. The number of nitrogens with zero attached hydrogens (tertiary/aromatic N) is 2. The lowest BCUT2D eigenvalue weighted by Gasteiger charge is -2.16. The van der Waals surface area contributed by atoms with Crippen LogP contribution >= 0.6 is 0 Å². The van der Waals surface area contributed by atoms with E-state index in [4.69, 9.17) is 5.11 Å². The average Bonchev–Trinajstić information content (AvgIpc) is 2.39. The summed E-state index contributed by atoms with van der Waals surface area (Å²) in [4.78, 5) is 44.4. The van der Waals surface area contributed by atoms with Crippen molar-refractivity contribution in [2.75, 3.05) is 0 Å². The maximum atomic E-state index is 11.8. The van der Waals surface area contributed by atoms with Crippen molar-refractivity contribution in [2.24, 2.45) is 5.92 Å². The highest BCUT2D eigenvalue weighted by molar-refractivity contribution is 5.83. The van der Waals surface area contributed by atoms with Gasteiger partial charge in [0.25, 0.3) is 11.2 Å². The molecule has 0 saturated carbocycles. The molecule has 1 heterocycles. The molecule has 0 spiro atoms. The molecule has 1 aromatic rings. The Bertz CT molecular complexity index is 637. The fraction of sp³-hybridized carbons (Fsp3) is 0.462. The van der Waals surface area contributed by atoms with Gasteiger partial charge < -0.3 is 10.4 Å². The summed E-state index contributed by atoms with van der Waals surface area (Å²) in [5.41, 5.74) is -0.916. The zero-order valence-electron chi connectivity index (χ0n) is 12.2. The number of nitro groups is 1. The smallest absolute Gasteiger partial charge is 0.326 e. The maximum Gasteiger partial charge on any atom is 0.326 e. The van der Waals surface area contributed by atoms with Crippen LogP contribution in [0, 0.1) is 16.0 Å². The van der Waals surface area contributed by atoms with Gasteiger partial charge in [-0.25, -0.2) is 4.79 Å². The topological polar surface area (TPSA) is 132 Å². The molecule has 1 aromatic heterocycles. The first kappa shape index (κ1) is 17.3. The molecule has 0 bridgehead atoms. The van der Waals surface area contributed by atoms with Gasteiger partial charge in [-0.1, -0.05) is 13.8 Å². The highest BCUT2D eigenvalue weighted by Crippen LogP contribution is 2.07. The van der Waals surface area contributed by atoms with Gasteiger partial charge in [0.15, 0.2) is 0 Å². The van der Waals surface area contributed by atoms with E-state index in [0.29, 0.717) is 0 Å². The van der Waals surface area contributed by atoms with E-state index in [-0.39, 0.29) is 18.0 Å². The Morgan fingerprint density at radius 1 is 1.41 bits per heavy atom. The number of amides is 1. The van der Waals surface area contributed by atoms with Crippen molar-refractivity contribution in [1.82, 2.24) is 9.88 Å². The number of hydrogen-bond acceptors (Lipinski definition) is 5. The number of pyridine rings is 1. The molecule has 0 saturated heterocycles. The number of carbonyl (C=O) groups excluding carboxylic acids is 1. The van der Waals surface area contributed by atoms with E-state index in [1.165, 1.54) is 0 Å². The monoisotopic (exact) mass is 311 g/mol. The molecular weight excluding hydrogens is 294 g/mol. The first-order valence-corrected chi connectivity index (χ1v) is 6.57. The Kier molecular flexibility index (Phi) is 5.79. The van der Waals surface area contributed by atoms with E-state index in [0.717, 1.165) is 22.9 Å². The predicted molar refractivity (Wildman–Crippen MR) is 76.4 cm³/mol. The largest absolute Gasteiger partial charge is 0.480 e. The minimum atomic E-state index is -1.17. The summed E-state index contributed by atoms with van der Waals surface area (Å²) in [6.07, 6.45) is 1.19. The summed E-state index contributed by atoms with van der Waals surface area (Å²) >= 11 is 0. The number of hydrogen-bond donors (Lipinski definition) is 2. The van der Waals surface area contributed by atoms with Crippen LogP contribution in [0.1, 0.15) is 20.3 Å². The predicted octanol–water partition coefficient (Wildman–Crippen LogP) is 0.372. The van der Waals surface area contributed by atoms with Crippen LogP contribution in [0.4, 0.5) is 5.69 Å². The van der Waals surface area contributed by atoms with Crippen molar-refractivity contribution in [3.8, 4) is 0 Å². The van der Waals surface area contributed by atoms with Crippen LogP contribution in [0.25, 0.3) is 0 Å². The molecule has 0 aliphatic heterocycles. The molecule has 0 aliphatic carbocycles. The van der Waals surface area contributed by atoms with Gasteiger partial charge in [0.1, 0.15) is 12.6 Å². The van der Waals surface area contributed by atoms with Crippen molar-refractivity contribution in [3.05, 3.63) is 38.8 Å². The third kappa shape index (κ3) is 5.00. The van der Waals surface area contributed by atoms with E-state index in [1.807, 2.05) is 13.8 Å². The van der Waals surface area contributed by atoms with Crippen molar-refractivity contribution < 1.29 is 19.6 Å². The summed E-state index contributed by atoms with van der Waals surface area (Å²) in [6, 6.07) is 0.950. The Hall–Kier alpha value is -2.71. The quantitative estimate of drug-likeness (QED) is 0.552. The Morgan fingerprint density at radius 3 is 2.55 bits per heavy atom. The third-order valence-electron chi connectivity index (χ3n) is 2.83. The number of rotatable bonds is 7. The fourth-order valence-corrected chi connectivity index (χ4v) is 1.84. The molecule has 0 unspecified atom stereocenters. The van der Waals surface area contributed by atoms with Crippen LogP contribution < -0.4 is 10.9 Å². The number of carboxylic acids is 1. The zero-order valence-corrected chi connectivity index (χ0v) is 12.2. The van der Waals surface area contributed by atoms with Gasteiger partial charge in [-0.3, -0.25) is 24.3 Å². The van der Waals surface area contributed by atoms with Crippen molar-refractivity contribution in [1.29, 1.82) is 0 Å². The molecule has 0 aliphatic rings. The van der Waals surface area contributed by atoms with Crippen LogP contribution in [-0.2, 0) is 16.1 Å². The second-order valence-electron chi connectivity index (χ2n) is 5.20.